The van der Waals surface area contributed by atoms with Crippen LogP contribution in [0.1, 0.15) is 10.4 Å². The number of hydrogen-bond donors (Lipinski definition) is 3. The van der Waals surface area contributed by atoms with Crippen LogP contribution in [0.5, 0.6) is 5.75 Å². The first-order chi connectivity index (χ1) is 10.2. The van der Waals surface area contributed by atoms with Crippen LogP contribution in [-0.4, -0.2) is 18.0 Å². The van der Waals surface area contributed by atoms with E-state index in [-0.39, 0.29) is 5.91 Å². The Kier molecular flexibility index (Phi) is 3.23. The van der Waals surface area contributed by atoms with Gasteiger partial charge in [0, 0.05) is 17.6 Å². The molecule has 0 radical (unpaired) electrons. The second kappa shape index (κ2) is 5.20. The van der Waals surface area contributed by atoms with Gasteiger partial charge in [-0.05, 0) is 24.3 Å². The summed E-state index contributed by atoms with van der Waals surface area (Å²) in [5.41, 5.74) is 8.28. The van der Waals surface area contributed by atoms with Gasteiger partial charge in [0.05, 0.1) is 29.6 Å². The Morgan fingerprint density at radius 2 is 2.10 bits per heavy atom. The average molecular weight is 281 g/mol. The molecule has 5 heteroatoms. The summed E-state index contributed by atoms with van der Waals surface area (Å²) >= 11 is 0. The van der Waals surface area contributed by atoms with E-state index >= 15 is 0 Å². The third-order valence-corrected chi connectivity index (χ3v) is 3.34. The highest BCUT2D eigenvalue weighted by molar-refractivity contribution is 6.12. The van der Waals surface area contributed by atoms with Crippen molar-refractivity contribution >= 4 is 28.2 Å². The molecule has 2 aromatic carbocycles. The van der Waals surface area contributed by atoms with Crippen molar-refractivity contribution in [3.05, 3.63) is 54.2 Å². The molecular weight excluding hydrogens is 266 g/mol. The van der Waals surface area contributed by atoms with Gasteiger partial charge >= 0.3 is 0 Å². The number of methoxy groups -OCH3 is 1. The Balaban J connectivity index is 1.95. The Bertz CT molecular complexity index is 808. The van der Waals surface area contributed by atoms with Crippen LogP contribution in [0, 0.1) is 0 Å². The fourth-order valence-corrected chi connectivity index (χ4v) is 2.23. The Labute approximate surface area is 121 Å². The van der Waals surface area contributed by atoms with Crippen molar-refractivity contribution < 1.29 is 9.53 Å². The SMILES string of the molecule is COc1ccc(N)c(NC(=O)c2cccc3cc[nH]c23)c1. The minimum Gasteiger partial charge on any atom is -0.497 e. The molecule has 0 aliphatic carbocycles. The van der Waals surface area contributed by atoms with E-state index in [1.807, 2.05) is 18.2 Å². The van der Waals surface area contributed by atoms with E-state index in [0.717, 1.165) is 10.9 Å². The lowest BCUT2D eigenvalue weighted by molar-refractivity contribution is 0.102. The van der Waals surface area contributed by atoms with Crippen LogP contribution >= 0.6 is 0 Å². The highest BCUT2D eigenvalue weighted by Crippen LogP contribution is 2.26. The number of rotatable bonds is 3. The van der Waals surface area contributed by atoms with E-state index in [1.54, 1.807) is 37.6 Å². The lowest BCUT2D eigenvalue weighted by Gasteiger charge is -2.10. The van der Waals surface area contributed by atoms with Crippen LogP contribution in [0.4, 0.5) is 11.4 Å². The number of amides is 1. The number of aromatic amines is 1. The maximum absolute atomic E-state index is 12.5. The van der Waals surface area contributed by atoms with Crippen LogP contribution in [0.15, 0.2) is 48.7 Å². The number of anilines is 2. The summed E-state index contributed by atoms with van der Waals surface area (Å²) in [6.07, 6.45) is 1.81. The number of aromatic nitrogens is 1. The van der Waals surface area contributed by atoms with E-state index in [2.05, 4.69) is 10.3 Å². The third-order valence-electron chi connectivity index (χ3n) is 3.34. The minimum atomic E-state index is -0.219. The average Bonchev–Trinajstić information content (AvgIpc) is 2.97. The number of nitrogen functional groups attached to an aromatic ring is 1. The summed E-state index contributed by atoms with van der Waals surface area (Å²) in [6, 6.07) is 12.6. The van der Waals surface area contributed by atoms with Gasteiger partial charge < -0.3 is 20.8 Å². The van der Waals surface area contributed by atoms with Gasteiger partial charge in [0.1, 0.15) is 5.75 Å². The molecule has 0 fully saturated rings. The number of fused-ring (bicyclic) bond motifs is 1. The number of hydrogen-bond acceptors (Lipinski definition) is 3. The molecule has 21 heavy (non-hydrogen) atoms. The molecule has 1 heterocycles. The van der Waals surface area contributed by atoms with Gasteiger partial charge in [-0.25, -0.2) is 0 Å². The van der Waals surface area contributed by atoms with E-state index in [0.29, 0.717) is 22.7 Å². The molecule has 0 aliphatic rings. The quantitative estimate of drug-likeness (QED) is 0.645. The fraction of sp³-hybridized carbons (Fsp3) is 0.0625. The van der Waals surface area contributed by atoms with Crippen molar-refractivity contribution in [3.8, 4) is 5.75 Å². The first-order valence-electron chi connectivity index (χ1n) is 6.50. The van der Waals surface area contributed by atoms with Crippen molar-refractivity contribution in [2.75, 3.05) is 18.2 Å². The van der Waals surface area contributed by atoms with Gasteiger partial charge in [0.2, 0.25) is 0 Å². The van der Waals surface area contributed by atoms with Crippen LogP contribution in [-0.2, 0) is 0 Å². The van der Waals surface area contributed by atoms with Crippen molar-refractivity contribution in [2.45, 2.75) is 0 Å². The smallest absolute Gasteiger partial charge is 0.257 e. The number of carbonyl (C=O) groups is 1. The van der Waals surface area contributed by atoms with Crippen molar-refractivity contribution in [1.29, 1.82) is 0 Å². The fourth-order valence-electron chi connectivity index (χ4n) is 2.23. The standard InChI is InChI=1S/C16H15N3O2/c1-21-11-5-6-13(17)14(9-11)19-16(20)12-4-2-3-10-7-8-18-15(10)12/h2-9,18H,17H2,1H3,(H,19,20). The molecule has 0 bridgehead atoms. The molecule has 1 amide bonds. The Morgan fingerprint density at radius 1 is 1.24 bits per heavy atom. The van der Waals surface area contributed by atoms with E-state index in [4.69, 9.17) is 10.5 Å². The zero-order valence-electron chi connectivity index (χ0n) is 11.5. The molecule has 0 atom stereocenters. The second-order valence-electron chi connectivity index (χ2n) is 4.65. The first kappa shape index (κ1) is 13.1. The van der Waals surface area contributed by atoms with Crippen LogP contribution in [0.3, 0.4) is 0 Å². The summed E-state index contributed by atoms with van der Waals surface area (Å²) < 4.78 is 5.14. The van der Waals surface area contributed by atoms with Gasteiger partial charge in [0.25, 0.3) is 5.91 Å². The first-order valence-corrected chi connectivity index (χ1v) is 6.50. The van der Waals surface area contributed by atoms with Crippen LogP contribution in [0.2, 0.25) is 0 Å². The Morgan fingerprint density at radius 3 is 2.90 bits per heavy atom. The minimum absolute atomic E-state index is 0.219. The van der Waals surface area contributed by atoms with Gasteiger partial charge in [-0.1, -0.05) is 12.1 Å². The van der Waals surface area contributed by atoms with Gasteiger partial charge in [0.15, 0.2) is 0 Å². The molecule has 5 nitrogen and oxygen atoms in total. The van der Waals surface area contributed by atoms with Crippen molar-refractivity contribution in [3.63, 3.8) is 0 Å². The molecule has 0 saturated heterocycles. The molecule has 3 rings (SSSR count). The number of para-hydroxylation sites is 1. The Hall–Kier alpha value is -2.95. The maximum Gasteiger partial charge on any atom is 0.257 e. The second-order valence-corrected chi connectivity index (χ2v) is 4.65. The topological polar surface area (TPSA) is 80.1 Å². The number of carbonyl (C=O) groups excluding carboxylic acids is 1. The predicted molar refractivity (Wildman–Crippen MR) is 83.7 cm³/mol. The summed E-state index contributed by atoms with van der Waals surface area (Å²) in [4.78, 5) is 15.5. The molecule has 106 valence electrons. The number of nitrogens with two attached hydrogens (primary N) is 1. The van der Waals surface area contributed by atoms with Gasteiger partial charge in [-0.2, -0.15) is 0 Å². The molecule has 0 unspecified atom stereocenters. The molecule has 0 spiro atoms. The highest BCUT2D eigenvalue weighted by Gasteiger charge is 2.12. The number of H-pyrrole nitrogens is 1. The van der Waals surface area contributed by atoms with Crippen LogP contribution in [0.25, 0.3) is 10.9 Å². The predicted octanol–water partition coefficient (Wildman–Crippen LogP) is 3.01. The highest BCUT2D eigenvalue weighted by atomic mass is 16.5. The van der Waals surface area contributed by atoms with E-state index in [9.17, 15) is 4.79 Å². The van der Waals surface area contributed by atoms with E-state index < -0.39 is 0 Å². The van der Waals surface area contributed by atoms with Gasteiger partial charge in [-0.15, -0.1) is 0 Å². The number of ether oxygens (including phenoxy) is 1. The molecule has 1 aromatic heterocycles. The normalized spacial score (nSPS) is 10.5. The third kappa shape index (κ3) is 2.41. The summed E-state index contributed by atoms with van der Waals surface area (Å²) in [6.45, 7) is 0. The van der Waals surface area contributed by atoms with Crippen LogP contribution < -0.4 is 15.8 Å². The van der Waals surface area contributed by atoms with Crippen molar-refractivity contribution in [1.82, 2.24) is 4.98 Å². The number of nitrogens with one attached hydrogen (secondary N) is 2. The summed E-state index contributed by atoms with van der Waals surface area (Å²) in [5, 5.41) is 3.81. The maximum atomic E-state index is 12.5. The lowest BCUT2D eigenvalue weighted by Crippen LogP contribution is -2.13. The molecule has 3 aromatic rings. The van der Waals surface area contributed by atoms with E-state index in [1.165, 1.54) is 0 Å². The summed E-state index contributed by atoms with van der Waals surface area (Å²) in [7, 11) is 1.57. The largest absolute Gasteiger partial charge is 0.497 e. The zero-order chi connectivity index (χ0) is 14.8. The zero-order valence-corrected chi connectivity index (χ0v) is 11.5. The molecule has 4 N–H and O–H groups in total. The molecule has 0 aliphatic heterocycles. The van der Waals surface area contributed by atoms with Gasteiger partial charge in [-0.3, -0.25) is 4.79 Å². The van der Waals surface area contributed by atoms with Crippen molar-refractivity contribution in [2.24, 2.45) is 0 Å². The monoisotopic (exact) mass is 281 g/mol. The summed E-state index contributed by atoms with van der Waals surface area (Å²) in [5.74, 6) is 0.417. The lowest BCUT2D eigenvalue weighted by atomic mass is 10.1. The number of benzene rings is 2. The molecular formula is C16H15N3O2. The molecule has 0 saturated carbocycles.